The van der Waals surface area contributed by atoms with Gasteiger partial charge in [-0.15, -0.1) is 0 Å². The van der Waals surface area contributed by atoms with Crippen molar-refractivity contribution < 1.29 is 38.1 Å². The predicted molar refractivity (Wildman–Crippen MR) is 154 cm³/mol. The summed E-state index contributed by atoms with van der Waals surface area (Å²) < 4.78 is 39.6. The molecule has 8 nitrogen and oxygen atoms in total. The Kier molecular flexibility index (Phi) is 10.0. The van der Waals surface area contributed by atoms with Crippen LogP contribution in [0.2, 0.25) is 0 Å². The van der Waals surface area contributed by atoms with E-state index in [0.29, 0.717) is 43.3 Å². The van der Waals surface area contributed by atoms with Gasteiger partial charge in [-0.25, -0.2) is 13.6 Å². The molecule has 1 aliphatic rings. The molecule has 0 aliphatic carbocycles. The molecule has 1 aliphatic heterocycles. The summed E-state index contributed by atoms with van der Waals surface area (Å²) >= 11 is 0. The van der Waals surface area contributed by atoms with Crippen molar-refractivity contribution in [3.63, 3.8) is 0 Å². The molecular formula is C32H36F2N2O6. The fourth-order valence-corrected chi connectivity index (χ4v) is 5.08. The number of nitrogens with zero attached hydrogens (tertiary/aromatic N) is 1. The number of hydrogen-bond acceptors (Lipinski definition) is 5. The van der Waals surface area contributed by atoms with E-state index in [4.69, 9.17) is 14.6 Å². The average Bonchev–Trinajstić information content (AvgIpc) is 2.94. The van der Waals surface area contributed by atoms with Crippen LogP contribution in [0.3, 0.4) is 0 Å². The van der Waals surface area contributed by atoms with Gasteiger partial charge in [0.15, 0.2) is 0 Å². The minimum atomic E-state index is -1.15. The number of urea groups is 1. The standard InChI is InChI=1S/C32H36F2N2O6/c1-3-21(4-2)20-32(40)11-13-36(14-12-32)31(39)35-24-16-27(41-25-9-6-23(33)7-10-25)18-28(17-24)42-26-8-5-22(15-30(37)38)29(34)19-26/h5-10,16-19,21,40H,3-4,11-15,20H2,1-2H3,(H,35,39)(H,37,38). The number of anilines is 1. The summed E-state index contributed by atoms with van der Waals surface area (Å²) in [4.78, 5) is 25.8. The molecule has 1 fully saturated rings. The SMILES string of the molecule is CCC(CC)CC1(O)CCN(C(=O)Nc2cc(Oc3ccc(F)cc3)cc(Oc3ccc(CC(=O)O)c(F)c3)c2)CC1. The van der Waals surface area contributed by atoms with Crippen molar-refractivity contribution in [1.29, 1.82) is 0 Å². The molecule has 3 aromatic rings. The zero-order chi connectivity index (χ0) is 30.3. The lowest BCUT2D eigenvalue weighted by Crippen LogP contribution is -2.48. The molecule has 0 saturated carbocycles. The van der Waals surface area contributed by atoms with Crippen LogP contribution in [-0.4, -0.2) is 45.8 Å². The number of piperidine rings is 1. The lowest BCUT2D eigenvalue weighted by atomic mass is 9.81. The summed E-state index contributed by atoms with van der Waals surface area (Å²) in [6.45, 7) is 5.05. The summed E-state index contributed by atoms with van der Waals surface area (Å²) in [7, 11) is 0. The topological polar surface area (TPSA) is 108 Å². The van der Waals surface area contributed by atoms with E-state index >= 15 is 0 Å². The summed E-state index contributed by atoms with van der Waals surface area (Å²) in [5, 5.41) is 22.9. The summed E-state index contributed by atoms with van der Waals surface area (Å²) in [5.74, 6) is -0.902. The van der Waals surface area contributed by atoms with Crippen LogP contribution in [0, 0.1) is 17.6 Å². The van der Waals surface area contributed by atoms with Crippen LogP contribution in [0.25, 0.3) is 0 Å². The monoisotopic (exact) mass is 582 g/mol. The first-order valence-corrected chi connectivity index (χ1v) is 14.1. The number of aliphatic hydroxyl groups is 1. The number of carbonyl (C=O) groups is 2. The molecule has 224 valence electrons. The van der Waals surface area contributed by atoms with E-state index in [9.17, 15) is 23.5 Å². The third-order valence-electron chi connectivity index (χ3n) is 7.59. The number of carbonyl (C=O) groups excluding carboxylic acids is 1. The van der Waals surface area contributed by atoms with E-state index in [-0.39, 0.29) is 28.8 Å². The zero-order valence-corrected chi connectivity index (χ0v) is 23.7. The molecule has 0 bridgehead atoms. The van der Waals surface area contributed by atoms with Crippen molar-refractivity contribution in [2.24, 2.45) is 5.92 Å². The van der Waals surface area contributed by atoms with Crippen molar-refractivity contribution in [3.8, 4) is 23.0 Å². The third-order valence-corrected chi connectivity index (χ3v) is 7.59. The molecule has 10 heteroatoms. The molecule has 3 N–H and O–H groups in total. The van der Waals surface area contributed by atoms with E-state index in [0.717, 1.165) is 25.3 Å². The smallest absolute Gasteiger partial charge is 0.321 e. The van der Waals surface area contributed by atoms with E-state index in [2.05, 4.69) is 19.2 Å². The molecule has 0 spiro atoms. The van der Waals surface area contributed by atoms with Crippen LogP contribution in [-0.2, 0) is 11.2 Å². The number of nitrogens with one attached hydrogen (secondary N) is 1. The largest absolute Gasteiger partial charge is 0.481 e. The number of likely N-dealkylation sites (tertiary alicyclic amines) is 1. The van der Waals surface area contributed by atoms with E-state index < -0.39 is 29.6 Å². The van der Waals surface area contributed by atoms with Crippen molar-refractivity contribution >= 4 is 17.7 Å². The molecule has 1 saturated heterocycles. The number of rotatable bonds is 11. The Morgan fingerprint density at radius 1 is 0.905 bits per heavy atom. The Bertz CT molecular complexity index is 1390. The number of amides is 2. The van der Waals surface area contributed by atoms with Gasteiger partial charge in [0.25, 0.3) is 0 Å². The second kappa shape index (κ2) is 13.7. The first-order valence-electron chi connectivity index (χ1n) is 14.1. The Morgan fingerprint density at radius 2 is 1.50 bits per heavy atom. The zero-order valence-electron chi connectivity index (χ0n) is 23.7. The van der Waals surface area contributed by atoms with Crippen molar-refractivity contribution in [3.05, 3.63) is 77.9 Å². The molecule has 4 rings (SSSR count). The molecule has 0 radical (unpaired) electrons. The predicted octanol–water partition coefficient (Wildman–Crippen LogP) is 7.36. The number of halogens is 2. The molecule has 0 aromatic heterocycles. The van der Waals surface area contributed by atoms with Crippen molar-refractivity contribution in [2.75, 3.05) is 18.4 Å². The van der Waals surface area contributed by atoms with E-state index in [1.54, 1.807) is 17.0 Å². The van der Waals surface area contributed by atoms with Crippen LogP contribution in [0.15, 0.2) is 60.7 Å². The number of benzene rings is 3. The van der Waals surface area contributed by atoms with Crippen LogP contribution < -0.4 is 14.8 Å². The highest BCUT2D eigenvalue weighted by atomic mass is 19.1. The maximum atomic E-state index is 14.5. The highest BCUT2D eigenvalue weighted by Gasteiger charge is 2.35. The Morgan fingerprint density at radius 3 is 2.07 bits per heavy atom. The highest BCUT2D eigenvalue weighted by molar-refractivity contribution is 5.90. The molecule has 0 atom stereocenters. The third kappa shape index (κ3) is 8.42. The fraction of sp³-hybridized carbons (Fsp3) is 0.375. The van der Waals surface area contributed by atoms with Crippen molar-refractivity contribution in [2.45, 2.75) is 58.0 Å². The van der Waals surface area contributed by atoms with Gasteiger partial charge in [0.05, 0.1) is 12.0 Å². The second-order valence-electron chi connectivity index (χ2n) is 10.7. The van der Waals surface area contributed by atoms with Gasteiger partial charge in [-0.2, -0.15) is 0 Å². The fourth-order valence-electron chi connectivity index (χ4n) is 5.08. The molecule has 3 aromatic carbocycles. The normalized spacial score (nSPS) is 14.5. The van der Waals surface area contributed by atoms with Gasteiger partial charge >= 0.3 is 12.0 Å². The van der Waals surface area contributed by atoms with Crippen molar-refractivity contribution in [1.82, 2.24) is 4.90 Å². The number of hydrogen-bond donors (Lipinski definition) is 3. The Hall–Kier alpha value is -4.18. The van der Waals surface area contributed by atoms with E-state index in [1.165, 1.54) is 42.5 Å². The molecular weight excluding hydrogens is 546 g/mol. The minimum absolute atomic E-state index is 0.0181. The number of carboxylic acids is 1. The number of carboxylic acid groups (broad SMARTS) is 1. The molecule has 0 unspecified atom stereocenters. The van der Waals surface area contributed by atoms with Gasteiger partial charge in [-0.3, -0.25) is 4.79 Å². The lowest BCUT2D eigenvalue weighted by molar-refractivity contribution is -0.136. The molecule has 42 heavy (non-hydrogen) atoms. The maximum Gasteiger partial charge on any atom is 0.321 e. The van der Waals surface area contributed by atoms with Gasteiger partial charge in [0, 0.05) is 43.0 Å². The second-order valence-corrected chi connectivity index (χ2v) is 10.7. The lowest BCUT2D eigenvalue weighted by Gasteiger charge is -2.39. The molecule has 2 amide bonds. The summed E-state index contributed by atoms with van der Waals surface area (Å²) in [6.07, 6.45) is 3.24. The maximum absolute atomic E-state index is 14.5. The summed E-state index contributed by atoms with van der Waals surface area (Å²) in [5.41, 5.74) is -0.424. The van der Waals surface area contributed by atoms with Gasteiger partial charge in [0.2, 0.25) is 0 Å². The van der Waals surface area contributed by atoms with Crippen LogP contribution >= 0.6 is 0 Å². The minimum Gasteiger partial charge on any atom is -0.481 e. The van der Waals surface area contributed by atoms with Gasteiger partial charge in [-0.1, -0.05) is 32.8 Å². The number of ether oxygens (including phenoxy) is 2. The van der Waals surface area contributed by atoms with Gasteiger partial charge < -0.3 is 29.9 Å². The van der Waals surface area contributed by atoms with Crippen LogP contribution in [0.5, 0.6) is 23.0 Å². The van der Waals surface area contributed by atoms with Gasteiger partial charge in [0.1, 0.15) is 34.6 Å². The first kappa shape index (κ1) is 30.8. The van der Waals surface area contributed by atoms with Crippen LogP contribution in [0.4, 0.5) is 19.3 Å². The Balaban J connectivity index is 1.51. The first-order chi connectivity index (χ1) is 20.1. The Labute approximate surface area is 243 Å². The number of aliphatic carboxylic acids is 1. The highest BCUT2D eigenvalue weighted by Crippen LogP contribution is 2.35. The van der Waals surface area contributed by atoms with Crippen LogP contribution in [0.1, 0.15) is 51.5 Å². The summed E-state index contributed by atoms with van der Waals surface area (Å²) in [6, 6.07) is 13.6. The average molecular weight is 583 g/mol. The van der Waals surface area contributed by atoms with Gasteiger partial charge in [-0.05, 0) is 61.1 Å². The quantitative estimate of drug-likeness (QED) is 0.218. The van der Waals surface area contributed by atoms with E-state index in [1.807, 2.05) is 0 Å². The molecule has 1 heterocycles.